The van der Waals surface area contributed by atoms with Crippen molar-refractivity contribution in [1.82, 2.24) is 9.55 Å². The molecule has 4 nitrogen and oxygen atoms in total. The number of nitrogens with zero attached hydrogens (tertiary/aromatic N) is 2. The molecule has 1 radical (unpaired) electrons. The molecule has 5 rings (SSSR count). The van der Waals surface area contributed by atoms with Gasteiger partial charge in [-0.1, -0.05) is 69.8 Å². The van der Waals surface area contributed by atoms with Gasteiger partial charge in [-0.2, -0.15) is 12.5 Å². The molecule has 5 heteroatoms. The molecule has 0 aliphatic heterocycles. The molecule has 1 N–H and O–H groups in total. The standard InChI is InChI=1S/C32H32N2O2.Y/c1-21-26(23-8-10-24(11-9-23)30(35)36)20-34(19-22-7-6-16-33-18-22)29(21)25-12-13-27-28(17-25)32(4,5)15-14-31(27,2)3;/h6-11,13,16-18,20H,1,14-15,19H2,2-5H3,(H,35,36);/q-2;. The average Bonchev–Trinajstić information content (AvgIpc) is 3.18. The molecule has 0 saturated heterocycles. The summed E-state index contributed by atoms with van der Waals surface area (Å²) in [7, 11) is 0. The maximum absolute atomic E-state index is 11.4. The number of pyridine rings is 1. The number of aromatic nitrogens is 2. The van der Waals surface area contributed by atoms with Crippen LogP contribution in [0.5, 0.6) is 0 Å². The van der Waals surface area contributed by atoms with Gasteiger partial charge in [-0.05, 0) is 41.0 Å². The molecule has 1 aliphatic rings. The Morgan fingerprint density at radius 1 is 1.08 bits per heavy atom. The molecule has 0 fully saturated rings. The van der Waals surface area contributed by atoms with Gasteiger partial charge in [0.1, 0.15) is 0 Å². The average molecular weight is 566 g/mol. The Morgan fingerprint density at radius 2 is 1.76 bits per heavy atom. The van der Waals surface area contributed by atoms with Crippen LogP contribution >= 0.6 is 0 Å². The summed E-state index contributed by atoms with van der Waals surface area (Å²) in [5, 5.41) is 9.31. The van der Waals surface area contributed by atoms with Crippen LogP contribution in [0.2, 0.25) is 0 Å². The molecule has 0 amide bonds. The minimum Gasteiger partial charge on any atom is -0.478 e. The van der Waals surface area contributed by atoms with Crippen molar-refractivity contribution in [1.29, 1.82) is 0 Å². The second-order valence-corrected chi connectivity index (χ2v) is 11.2. The Kier molecular flexibility index (Phi) is 7.56. The van der Waals surface area contributed by atoms with E-state index >= 15 is 0 Å². The topological polar surface area (TPSA) is 55.1 Å². The largest absolute Gasteiger partial charge is 0.478 e. The van der Waals surface area contributed by atoms with Gasteiger partial charge in [-0.15, -0.1) is 40.5 Å². The van der Waals surface area contributed by atoms with Crippen LogP contribution in [0.3, 0.4) is 0 Å². The number of fused-ring (bicyclic) bond motifs is 1. The summed E-state index contributed by atoms with van der Waals surface area (Å²) in [6.07, 6.45) is 8.09. The van der Waals surface area contributed by atoms with Crippen molar-refractivity contribution in [2.24, 2.45) is 0 Å². The van der Waals surface area contributed by atoms with E-state index in [-0.39, 0.29) is 49.1 Å². The Morgan fingerprint density at radius 3 is 2.38 bits per heavy atom. The molecule has 2 heterocycles. The Labute approximate surface area is 245 Å². The summed E-state index contributed by atoms with van der Waals surface area (Å²) in [5.41, 5.74) is 9.23. The fourth-order valence-electron chi connectivity index (χ4n) is 5.41. The monoisotopic (exact) mass is 565 g/mol. The first kappa shape index (κ1) is 27.4. The predicted octanol–water partition coefficient (Wildman–Crippen LogP) is 7.29. The molecule has 0 unspecified atom stereocenters. The van der Waals surface area contributed by atoms with Crippen LogP contribution < -0.4 is 0 Å². The molecular weight excluding hydrogens is 533 g/mol. The van der Waals surface area contributed by atoms with E-state index in [9.17, 15) is 9.90 Å². The second kappa shape index (κ2) is 10.2. The number of aromatic carboxylic acids is 1. The quantitative estimate of drug-likeness (QED) is 0.259. The van der Waals surface area contributed by atoms with Crippen LogP contribution in [0.15, 0.2) is 67.1 Å². The van der Waals surface area contributed by atoms with Crippen LogP contribution in [-0.2, 0) is 50.1 Å². The third-order valence-corrected chi connectivity index (χ3v) is 7.74. The normalized spacial score (nSPS) is 15.5. The van der Waals surface area contributed by atoms with Crippen LogP contribution in [0, 0.1) is 13.0 Å². The molecule has 0 bridgehead atoms. The number of carboxylic acids is 1. The van der Waals surface area contributed by atoms with Crippen molar-refractivity contribution in [2.75, 3.05) is 0 Å². The molecule has 0 atom stereocenters. The zero-order chi connectivity index (χ0) is 25.7. The van der Waals surface area contributed by atoms with E-state index in [0.29, 0.717) is 6.54 Å². The van der Waals surface area contributed by atoms with E-state index in [0.717, 1.165) is 46.4 Å². The molecule has 187 valence electrons. The summed E-state index contributed by atoms with van der Waals surface area (Å²) in [5.74, 6) is -0.930. The van der Waals surface area contributed by atoms with Crippen molar-refractivity contribution in [3.8, 4) is 22.4 Å². The van der Waals surface area contributed by atoms with Gasteiger partial charge in [0.15, 0.2) is 0 Å². The first-order valence-corrected chi connectivity index (χ1v) is 12.4. The van der Waals surface area contributed by atoms with Crippen molar-refractivity contribution in [3.63, 3.8) is 0 Å². The molecule has 4 aromatic rings. The third kappa shape index (κ3) is 5.19. The van der Waals surface area contributed by atoms with Crippen LogP contribution in [0.25, 0.3) is 22.4 Å². The predicted molar refractivity (Wildman–Crippen MR) is 144 cm³/mol. The van der Waals surface area contributed by atoms with Crippen molar-refractivity contribution in [3.05, 3.63) is 108 Å². The van der Waals surface area contributed by atoms with Crippen molar-refractivity contribution < 1.29 is 42.6 Å². The van der Waals surface area contributed by atoms with E-state index < -0.39 is 5.97 Å². The maximum atomic E-state index is 11.4. The first-order valence-electron chi connectivity index (χ1n) is 12.4. The fourth-order valence-corrected chi connectivity index (χ4v) is 5.41. The molecular formula is C32H32N2O2Y-2. The molecule has 1 aliphatic carbocycles. The minimum absolute atomic E-state index is 0. The number of carbonyl (C=O) groups is 1. The van der Waals surface area contributed by atoms with Gasteiger partial charge in [-0.3, -0.25) is 4.98 Å². The first-order chi connectivity index (χ1) is 17.1. The van der Waals surface area contributed by atoms with E-state index in [1.165, 1.54) is 11.1 Å². The third-order valence-electron chi connectivity index (χ3n) is 7.74. The Hall–Kier alpha value is -2.69. The second-order valence-electron chi connectivity index (χ2n) is 11.2. The van der Waals surface area contributed by atoms with Crippen molar-refractivity contribution >= 4 is 5.97 Å². The molecule has 2 aromatic carbocycles. The number of hydrogen-bond acceptors (Lipinski definition) is 2. The number of carboxylic acid groups (broad SMARTS) is 1. The van der Waals surface area contributed by atoms with Crippen molar-refractivity contribution in [2.45, 2.75) is 57.9 Å². The van der Waals surface area contributed by atoms with Crippen LogP contribution in [-0.4, -0.2) is 20.6 Å². The molecule has 37 heavy (non-hydrogen) atoms. The molecule has 0 saturated carbocycles. The fraction of sp³-hybridized carbons (Fsp3) is 0.281. The van der Waals surface area contributed by atoms with E-state index in [1.54, 1.807) is 18.3 Å². The van der Waals surface area contributed by atoms with E-state index in [2.05, 4.69) is 74.6 Å². The minimum atomic E-state index is -0.930. The zero-order valence-electron chi connectivity index (χ0n) is 22.0. The number of benzene rings is 2. The van der Waals surface area contributed by atoms with Gasteiger partial charge < -0.3 is 9.67 Å². The summed E-state index contributed by atoms with van der Waals surface area (Å²) in [4.78, 5) is 15.6. The SMILES string of the molecule is [CH2-]c1c(-c2ccc(C(=O)O)cc2)cn(Cc2cccnc2)c1-c1[c-]cc2c(c1)C(C)(C)CCC2(C)C.[Y]. The molecule has 2 aromatic heterocycles. The summed E-state index contributed by atoms with van der Waals surface area (Å²) < 4.78 is 2.22. The smallest absolute Gasteiger partial charge is 0.335 e. The maximum Gasteiger partial charge on any atom is 0.335 e. The zero-order valence-corrected chi connectivity index (χ0v) is 24.8. The van der Waals surface area contributed by atoms with Crippen LogP contribution in [0.1, 0.15) is 73.1 Å². The van der Waals surface area contributed by atoms with Gasteiger partial charge >= 0.3 is 5.97 Å². The molecule has 0 spiro atoms. The van der Waals surface area contributed by atoms with Gasteiger partial charge in [0.25, 0.3) is 0 Å². The van der Waals surface area contributed by atoms with Crippen LogP contribution in [0.4, 0.5) is 0 Å². The Bertz CT molecular complexity index is 1430. The van der Waals surface area contributed by atoms with Gasteiger partial charge in [0, 0.05) is 51.6 Å². The summed E-state index contributed by atoms with van der Waals surface area (Å²) in [6.45, 7) is 14.5. The number of hydrogen-bond donors (Lipinski definition) is 1. The van der Waals surface area contributed by atoms with Gasteiger partial charge in [0.05, 0.1) is 5.56 Å². The van der Waals surface area contributed by atoms with E-state index in [1.807, 2.05) is 24.4 Å². The summed E-state index contributed by atoms with van der Waals surface area (Å²) in [6, 6.07) is 19.1. The van der Waals surface area contributed by atoms with E-state index in [4.69, 9.17) is 0 Å². The number of rotatable bonds is 5. The Balaban J connectivity index is 0.00000320. The van der Waals surface area contributed by atoms with Gasteiger partial charge in [-0.25, -0.2) is 4.79 Å². The van der Waals surface area contributed by atoms with Gasteiger partial charge in [0.2, 0.25) is 0 Å². The summed E-state index contributed by atoms with van der Waals surface area (Å²) >= 11 is 0.